The average molecular weight is 651 g/mol. The molecule has 8 aromatic rings. The van der Waals surface area contributed by atoms with Gasteiger partial charge in [-0.25, -0.2) is 0 Å². The van der Waals surface area contributed by atoms with E-state index in [9.17, 15) is 0 Å². The van der Waals surface area contributed by atoms with Gasteiger partial charge in [0.1, 0.15) is 0 Å². The molecule has 0 atom stereocenters. The van der Waals surface area contributed by atoms with Gasteiger partial charge in [0, 0.05) is 9.40 Å². The van der Waals surface area contributed by atoms with E-state index in [-0.39, 0.29) is 0 Å². The van der Waals surface area contributed by atoms with Crippen molar-refractivity contribution >= 4 is 82.8 Å². The highest BCUT2D eigenvalue weighted by atomic mass is 32.1. The fraction of sp³-hybridized carbons (Fsp3) is 0. The fourth-order valence-electron chi connectivity index (χ4n) is 7.67. The summed E-state index contributed by atoms with van der Waals surface area (Å²) in [6, 6.07) is 63.1. The number of allylic oxidation sites excluding steroid dienone is 2. The molecule has 0 radical (unpaired) electrons. The Morgan fingerprint density at radius 3 is 1.09 bits per heavy atom. The number of hydrogen-bond acceptors (Lipinski definition) is 2. The first-order chi connectivity index (χ1) is 23.4. The number of thiophene rings is 2. The van der Waals surface area contributed by atoms with Gasteiger partial charge in [0.2, 0.25) is 0 Å². The maximum Gasteiger partial charge on any atom is 0.182 e. The third kappa shape index (κ3) is 4.39. The molecule has 0 fully saturated rings. The molecule has 1 aliphatic rings. The molecule has 3 heteroatoms. The van der Waals surface area contributed by atoms with E-state index in [1.165, 1.54) is 74.3 Å². The molecule has 47 heavy (non-hydrogen) atoms. The summed E-state index contributed by atoms with van der Waals surface area (Å²) in [5.41, 5.74) is 7.93. The summed E-state index contributed by atoms with van der Waals surface area (Å²) in [5.74, 6) is 0. The lowest BCUT2D eigenvalue weighted by molar-refractivity contribution is 1.59. The van der Waals surface area contributed by atoms with E-state index in [1.54, 1.807) is 0 Å². The minimum absolute atomic E-state index is 1.26. The van der Waals surface area contributed by atoms with E-state index in [0.29, 0.717) is 0 Å². The molecule has 0 bridgehead atoms. The monoisotopic (exact) mass is 650 g/mol. The summed E-state index contributed by atoms with van der Waals surface area (Å²) in [7, 11) is -3.01. The molecular weight excluding hydrogens is 621 g/mol. The zero-order valence-electron chi connectivity index (χ0n) is 25.6. The summed E-state index contributed by atoms with van der Waals surface area (Å²) in [6.45, 7) is 0. The quantitative estimate of drug-likeness (QED) is 0.157. The largest absolute Gasteiger partial charge is 0.182 e. The van der Waals surface area contributed by atoms with Crippen molar-refractivity contribution in [3.8, 4) is 0 Å². The third-order valence-electron chi connectivity index (χ3n) is 9.54. The van der Waals surface area contributed by atoms with Gasteiger partial charge in [-0.15, -0.1) is 22.7 Å². The Bertz CT molecular complexity index is 2260. The van der Waals surface area contributed by atoms with Crippen LogP contribution in [0.2, 0.25) is 0 Å². The third-order valence-corrected chi connectivity index (χ3v) is 16.4. The predicted octanol–water partition coefficient (Wildman–Crippen LogP) is 11.0. The maximum absolute atomic E-state index is 3.01. The Morgan fingerprint density at radius 2 is 0.681 bits per heavy atom. The fourth-order valence-corrected chi connectivity index (χ4v) is 15.4. The molecule has 1 aliphatic heterocycles. The molecule has 0 saturated carbocycles. The molecule has 3 heterocycles. The smallest absolute Gasteiger partial charge is 0.143 e. The maximum atomic E-state index is 2.44. The Labute approximate surface area is 284 Å². The van der Waals surface area contributed by atoms with Crippen molar-refractivity contribution in [1.82, 2.24) is 0 Å². The van der Waals surface area contributed by atoms with Crippen LogP contribution >= 0.6 is 22.7 Å². The van der Waals surface area contributed by atoms with Gasteiger partial charge in [-0.1, -0.05) is 158 Å². The highest BCUT2D eigenvalue weighted by Crippen LogP contribution is 2.57. The Hall–Kier alpha value is -5.06. The number of rotatable bonds is 6. The molecule has 6 aromatic carbocycles. The first kappa shape index (κ1) is 28.2. The molecule has 0 unspecified atom stereocenters. The molecule has 0 spiro atoms. The second-order valence-electron chi connectivity index (χ2n) is 12.0. The summed E-state index contributed by atoms with van der Waals surface area (Å²) in [4.78, 5) is 0. The molecule has 222 valence electrons. The topological polar surface area (TPSA) is 0 Å². The van der Waals surface area contributed by atoms with Gasteiger partial charge < -0.3 is 0 Å². The van der Waals surface area contributed by atoms with Crippen molar-refractivity contribution in [2.24, 2.45) is 0 Å². The van der Waals surface area contributed by atoms with Crippen LogP contribution in [0, 0.1) is 0 Å². The van der Waals surface area contributed by atoms with Crippen molar-refractivity contribution < 1.29 is 0 Å². The second kappa shape index (κ2) is 11.6. The molecule has 0 aliphatic carbocycles. The van der Waals surface area contributed by atoms with E-state index in [0.717, 1.165) is 0 Å². The summed E-state index contributed by atoms with van der Waals surface area (Å²) in [6.07, 6.45) is 0. The average Bonchev–Trinajstić information content (AvgIpc) is 3.85. The molecule has 0 nitrogen and oxygen atoms in total. The van der Waals surface area contributed by atoms with Crippen molar-refractivity contribution in [3.63, 3.8) is 0 Å². The number of fused-ring (bicyclic) bond motifs is 2. The van der Waals surface area contributed by atoms with Crippen LogP contribution in [-0.4, -0.2) is 8.07 Å². The first-order valence-corrected chi connectivity index (χ1v) is 19.8. The lowest BCUT2D eigenvalue weighted by Crippen LogP contribution is -2.59. The highest BCUT2D eigenvalue weighted by molar-refractivity contribution is 7.30. The molecule has 0 saturated heterocycles. The normalized spacial score (nSPS) is 14.4. The van der Waals surface area contributed by atoms with Crippen LogP contribution in [0.4, 0.5) is 0 Å². The number of benzene rings is 6. The van der Waals surface area contributed by atoms with E-state index >= 15 is 0 Å². The standard InChI is InChI=1S/C44H30S2Si/c1-5-17-31(18-6-1)41-42(32-19-7-2-8-20-32)44(38-30-46-40-28-16-14-26-36(38)40)47(33-21-9-3-10-22-33,34-23-11-4-12-24-34)43(41)37-29-45-39-27-15-13-25-35(37)39/h1-30H. The minimum atomic E-state index is -3.01. The van der Waals surface area contributed by atoms with Crippen LogP contribution in [-0.2, 0) is 0 Å². The van der Waals surface area contributed by atoms with Gasteiger partial charge in [0.05, 0.1) is 0 Å². The zero-order valence-corrected chi connectivity index (χ0v) is 28.3. The lowest BCUT2D eigenvalue weighted by Gasteiger charge is -2.35. The molecule has 0 amide bonds. The van der Waals surface area contributed by atoms with Crippen molar-refractivity contribution in [1.29, 1.82) is 0 Å². The minimum Gasteiger partial charge on any atom is -0.143 e. The van der Waals surface area contributed by atoms with E-state index in [4.69, 9.17) is 0 Å². The van der Waals surface area contributed by atoms with Crippen molar-refractivity contribution in [2.75, 3.05) is 0 Å². The van der Waals surface area contributed by atoms with Gasteiger partial charge in [-0.2, -0.15) is 0 Å². The Balaban J connectivity index is 1.58. The summed E-state index contributed by atoms with van der Waals surface area (Å²) in [5, 5.41) is 13.3. The molecule has 2 aromatic heterocycles. The summed E-state index contributed by atoms with van der Waals surface area (Å²) >= 11 is 3.72. The molecule has 9 rings (SSSR count). The van der Waals surface area contributed by atoms with E-state index in [1.807, 2.05) is 22.7 Å². The Kier molecular flexibility index (Phi) is 6.97. The second-order valence-corrected chi connectivity index (χ2v) is 17.5. The predicted molar refractivity (Wildman–Crippen MR) is 208 cm³/mol. The SMILES string of the molecule is c1ccc(C2=C(c3csc4ccccc34)[Si](c3ccccc3)(c3ccccc3)C(c3csc4ccccc34)=C2c2ccccc2)cc1. The van der Waals surface area contributed by atoms with Crippen LogP contribution in [0.5, 0.6) is 0 Å². The van der Waals surface area contributed by atoms with Crippen LogP contribution in [0.1, 0.15) is 22.3 Å². The summed E-state index contributed by atoms with van der Waals surface area (Å²) < 4.78 is 2.64. The van der Waals surface area contributed by atoms with Gasteiger partial charge >= 0.3 is 0 Å². The molecular formula is C44H30S2Si. The van der Waals surface area contributed by atoms with Gasteiger partial charge in [-0.3, -0.25) is 0 Å². The van der Waals surface area contributed by atoms with E-state index in [2.05, 4.69) is 181 Å². The van der Waals surface area contributed by atoms with Crippen LogP contribution in [0.3, 0.4) is 0 Å². The zero-order chi connectivity index (χ0) is 31.2. The Morgan fingerprint density at radius 1 is 0.340 bits per heavy atom. The van der Waals surface area contributed by atoms with Crippen molar-refractivity contribution in [3.05, 3.63) is 203 Å². The van der Waals surface area contributed by atoms with Gasteiger partial charge in [0.15, 0.2) is 8.07 Å². The first-order valence-electron chi connectivity index (χ1n) is 16.0. The van der Waals surface area contributed by atoms with E-state index < -0.39 is 8.07 Å². The lowest BCUT2D eigenvalue weighted by atomic mass is 9.89. The number of hydrogen-bond donors (Lipinski definition) is 0. The van der Waals surface area contributed by atoms with Crippen LogP contribution < -0.4 is 10.4 Å². The molecule has 0 N–H and O–H groups in total. The van der Waals surface area contributed by atoms with Crippen molar-refractivity contribution in [2.45, 2.75) is 0 Å². The highest BCUT2D eigenvalue weighted by Gasteiger charge is 2.54. The van der Waals surface area contributed by atoms with Gasteiger partial charge in [-0.05, 0) is 87.8 Å². The van der Waals surface area contributed by atoms with Crippen LogP contribution in [0.15, 0.2) is 181 Å². The van der Waals surface area contributed by atoms with Gasteiger partial charge in [0.25, 0.3) is 0 Å². The van der Waals surface area contributed by atoms with Crippen LogP contribution in [0.25, 0.3) is 41.7 Å².